The molecule has 0 aliphatic carbocycles. The zero-order valence-electron chi connectivity index (χ0n) is 9.50. The van der Waals surface area contributed by atoms with E-state index in [-0.39, 0.29) is 0 Å². The van der Waals surface area contributed by atoms with Crippen molar-refractivity contribution >= 4 is 0 Å². The van der Waals surface area contributed by atoms with Crippen molar-refractivity contribution in [2.45, 2.75) is 52.0 Å². The van der Waals surface area contributed by atoms with Crippen LogP contribution in [-0.4, -0.2) is 24.0 Å². The van der Waals surface area contributed by atoms with E-state index in [9.17, 15) is 0 Å². The average Bonchev–Trinajstić information content (AvgIpc) is 2.19. The molecule has 80 valence electrons. The molecule has 2 heteroatoms. The van der Waals surface area contributed by atoms with Crippen molar-refractivity contribution in [3.05, 3.63) is 0 Å². The summed E-state index contributed by atoms with van der Waals surface area (Å²) in [6, 6.07) is 2.99. The number of rotatable bonds is 4. The van der Waals surface area contributed by atoms with Crippen LogP contribution in [0.2, 0.25) is 0 Å². The molecule has 0 radical (unpaired) electrons. The number of piperidine rings is 1. The first-order valence-corrected chi connectivity index (χ1v) is 5.86. The minimum atomic E-state index is 0.710. The Kier molecular flexibility index (Phi) is 4.97. The van der Waals surface area contributed by atoms with Gasteiger partial charge in [-0.05, 0) is 38.3 Å². The largest absolute Gasteiger partial charge is 0.300 e. The summed E-state index contributed by atoms with van der Waals surface area (Å²) < 4.78 is 0. The molecule has 0 bridgehead atoms. The number of nitrogens with zero attached hydrogens (tertiary/aromatic N) is 2. The van der Waals surface area contributed by atoms with E-state index in [1.165, 1.54) is 25.8 Å². The summed E-state index contributed by atoms with van der Waals surface area (Å²) in [5.41, 5.74) is 0. The third-order valence-corrected chi connectivity index (χ3v) is 3.17. The minimum absolute atomic E-state index is 0.710. The Bertz CT molecular complexity index is 193. The van der Waals surface area contributed by atoms with E-state index in [2.05, 4.69) is 24.8 Å². The maximum atomic E-state index is 8.50. The zero-order chi connectivity index (χ0) is 10.4. The van der Waals surface area contributed by atoms with Crippen molar-refractivity contribution in [1.82, 2.24) is 4.90 Å². The fraction of sp³-hybridized carbons (Fsp3) is 0.917. The molecule has 2 nitrogen and oxygen atoms in total. The van der Waals surface area contributed by atoms with Gasteiger partial charge in [-0.3, -0.25) is 0 Å². The van der Waals surface area contributed by atoms with Gasteiger partial charge < -0.3 is 4.90 Å². The van der Waals surface area contributed by atoms with Crippen LogP contribution < -0.4 is 0 Å². The summed E-state index contributed by atoms with van der Waals surface area (Å²) in [6.45, 7) is 6.99. The first-order valence-electron chi connectivity index (χ1n) is 5.86. The minimum Gasteiger partial charge on any atom is -0.300 e. The highest BCUT2D eigenvalue weighted by molar-refractivity contribution is 4.80. The van der Waals surface area contributed by atoms with Crippen LogP contribution in [0.3, 0.4) is 0 Å². The summed E-state index contributed by atoms with van der Waals surface area (Å²) in [7, 11) is 0. The molecule has 1 aliphatic rings. The monoisotopic (exact) mass is 194 g/mol. The van der Waals surface area contributed by atoms with Crippen LogP contribution in [0.15, 0.2) is 0 Å². The Balaban J connectivity index is 2.35. The number of likely N-dealkylation sites (tertiary alicyclic amines) is 1. The maximum absolute atomic E-state index is 8.50. The molecule has 1 rings (SSSR count). The summed E-state index contributed by atoms with van der Waals surface area (Å²) in [4.78, 5) is 2.59. The maximum Gasteiger partial charge on any atom is 0.0622 e. The Morgan fingerprint density at radius 2 is 2.21 bits per heavy atom. The van der Waals surface area contributed by atoms with E-state index in [0.29, 0.717) is 6.42 Å². The average molecular weight is 194 g/mol. The van der Waals surface area contributed by atoms with E-state index < -0.39 is 0 Å². The van der Waals surface area contributed by atoms with E-state index >= 15 is 0 Å². The van der Waals surface area contributed by atoms with E-state index in [4.69, 9.17) is 5.26 Å². The quantitative estimate of drug-likeness (QED) is 0.643. The molecule has 0 amide bonds. The van der Waals surface area contributed by atoms with Crippen LogP contribution in [0.25, 0.3) is 0 Å². The molecular weight excluding hydrogens is 172 g/mol. The Morgan fingerprint density at radius 1 is 1.43 bits per heavy atom. The van der Waals surface area contributed by atoms with Gasteiger partial charge in [-0.2, -0.15) is 5.26 Å². The number of unbranched alkanes of at least 4 members (excludes halogenated alkanes) is 1. The third kappa shape index (κ3) is 3.31. The standard InChI is InChI=1S/C12H22N2/c1-11(2)12-7-3-5-9-14(12)10-6-4-8-13/h11-12H,3-7,9-10H2,1-2H3. The molecule has 1 heterocycles. The Hall–Kier alpha value is -0.550. The Labute approximate surface area is 87.9 Å². The van der Waals surface area contributed by atoms with Crippen molar-refractivity contribution in [1.29, 1.82) is 5.26 Å². The van der Waals surface area contributed by atoms with Gasteiger partial charge >= 0.3 is 0 Å². The number of nitriles is 1. The first kappa shape index (κ1) is 11.5. The van der Waals surface area contributed by atoms with Crippen LogP contribution in [0, 0.1) is 17.2 Å². The van der Waals surface area contributed by atoms with Crippen LogP contribution in [-0.2, 0) is 0 Å². The summed E-state index contributed by atoms with van der Waals surface area (Å²) >= 11 is 0. The molecule has 1 unspecified atom stereocenters. The van der Waals surface area contributed by atoms with E-state index in [1.54, 1.807) is 0 Å². The normalized spacial score (nSPS) is 23.7. The molecule has 1 aliphatic heterocycles. The van der Waals surface area contributed by atoms with Crippen molar-refractivity contribution in [3.63, 3.8) is 0 Å². The topological polar surface area (TPSA) is 27.0 Å². The molecule has 1 saturated heterocycles. The summed E-state index contributed by atoms with van der Waals surface area (Å²) in [5, 5.41) is 8.50. The zero-order valence-corrected chi connectivity index (χ0v) is 9.50. The van der Waals surface area contributed by atoms with E-state index in [0.717, 1.165) is 24.9 Å². The van der Waals surface area contributed by atoms with Gasteiger partial charge in [0.1, 0.15) is 0 Å². The van der Waals surface area contributed by atoms with Gasteiger partial charge in [0.15, 0.2) is 0 Å². The number of hydrogen-bond acceptors (Lipinski definition) is 2. The lowest BCUT2D eigenvalue weighted by molar-refractivity contribution is 0.111. The van der Waals surface area contributed by atoms with Gasteiger partial charge in [0.2, 0.25) is 0 Å². The first-order chi connectivity index (χ1) is 6.75. The number of hydrogen-bond donors (Lipinski definition) is 0. The molecule has 0 aromatic carbocycles. The molecular formula is C12H22N2. The third-order valence-electron chi connectivity index (χ3n) is 3.17. The molecule has 0 spiro atoms. The van der Waals surface area contributed by atoms with Gasteiger partial charge in [-0.1, -0.05) is 20.3 Å². The van der Waals surface area contributed by atoms with Crippen molar-refractivity contribution in [3.8, 4) is 6.07 Å². The second-order valence-corrected chi connectivity index (χ2v) is 4.60. The molecule has 0 N–H and O–H groups in total. The molecule has 1 fully saturated rings. The fourth-order valence-corrected chi connectivity index (χ4v) is 2.41. The molecule has 0 aromatic rings. The van der Waals surface area contributed by atoms with Gasteiger partial charge in [-0.15, -0.1) is 0 Å². The second kappa shape index (κ2) is 6.03. The van der Waals surface area contributed by atoms with Crippen LogP contribution in [0.4, 0.5) is 0 Å². The van der Waals surface area contributed by atoms with Crippen LogP contribution >= 0.6 is 0 Å². The Morgan fingerprint density at radius 3 is 2.86 bits per heavy atom. The molecule has 0 saturated carbocycles. The van der Waals surface area contributed by atoms with Gasteiger partial charge in [0.05, 0.1) is 6.07 Å². The highest BCUT2D eigenvalue weighted by atomic mass is 15.2. The van der Waals surface area contributed by atoms with Crippen LogP contribution in [0.5, 0.6) is 0 Å². The highest BCUT2D eigenvalue weighted by Crippen LogP contribution is 2.23. The fourth-order valence-electron chi connectivity index (χ4n) is 2.41. The van der Waals surface area contributed by atoms with Crippen molar-refractivity contribution in [2.75, 3.05) is 13.1 Å². The van der Waals surface area contributed by atoms with Crippen LogP contribution in [0.1, 0.15) is 46.0 Å². The predicted molar refractivity (Wildman–Crippen MR) is 58.9 cm³/mol. The molecule has 1 atom stereocenters. The highest BCUT2D eigenvalue weighted by Gasteiger charge is 2.23. The summed E-state index contributed by atoms with van der Waals surface area (Å²) in [6.07, 6.45) is 5.83. The second-order valence-electron chi connectivity index (χ2n) is 4.60. The predicted octanol–water partition coefficient (Wildman–Crippen LogP) is 2.80. The van der Waals surface area contributed by atoms with Crippen molar-refractivity contribution in [2.24, 2.45) is 5.92 Å². The SMILES string of the molecule is CC(C)C1CCCCN1CCCC#N. The smallest absolute Gasteiger partial charge is 0.0622 e. The van der Waals surface area contributed by atoms with Gasteiger partial charge in [-0.25, -0.2) is 0 Å². The molecule has 14 heavy (non-hydrogen) atoms. The van der Waals surface area contributed by atoms with Gasteiger partial charge in [0.25, 0.3) is 0 Å². The lowest BCUT2D eigenvalue weighted by atomic mass is 9.92. The molecule has 0 aromatic heterocycles. The van der Waals surface area contributed by atoms with E-state index in [1.807, 2.05) is 0 Å². The van der Waals surface area contributed by atoms with Gasteiger partial charge in [0, 0.05) is 12.5 Å². The van der Waals surface area contributed by atoms with Crippen molar-refractivity contribution < 1.29 is 0 Å². The summed E-state index contributed by atoms with van der Waals surface area (Å²) in [5.74, 6) is 0.761. The lowest BCUT2D eigenvalue weighted by Gasteiger charge is -2.38. The lowest BCUT2D eigenvalue weighted by Crippen LogP contribution is -2.43.